The second kappa shape index (κ2) is 4.91. The molecule has 1 aromatic rings. The van der Waals surface area contributed by atoms with Crippen LogP contribution in [0.3, 0.4) is 0 Å². The van der Waals surface area contributed by atoms with Crippen LogP contribution in [0.15, 0.2) is 12.3 Å². The summed E-state index contributed by atoms with van der Waals surface area (Å²) in [7, 11) is 0. The molecule has 0 aliphatic heterocycles. The van der Waals surface area contributed by atoms with Crippen molar-refractivity contribution in [1.82, 2.24) is 9.78 Å². The van der Waals surface area contributed by atoms with E-state index in [1.807, 2.05) is 0 Å². The number of aromatic nitrogens is 2. The van der Waals surface area contributed by atoms with Crippen LogP contribution in [0.4, 0.5) is 0 Å². The monoisotopic (exact) mass is 231 g/mol. The molecule has 1 fully saturated rings. The summed E-state index contributed by atoms with van der Waals surface area (Å²) in [5.41, 5.74) is 0.978. The van der Waals surface area contributed by atoms with Crippen molar-refractivity contribution in [2.45, 2.75) is 58.4 Å². The van der Waals surface area contributed by atoms with Crippen LogP contribution >= 0.6 is 0 Å². The van der Waals surface area contributed by atoms with E-state index in [2.05, 4.69) is 42.0 Å². The van der Waals surface area contributed by atoms with E-state index in [-0.39, 0.29) is 5.41 Å². The lowest BCUT2D eigenvalue weighted by molar-refractivity contribution is 0.211. The average Bonchev–Trinajstić information content (AvgIpc) is 2.74. The zero-order chi connectivity index (χ0) is 12.3. The van der Waals surface area contributed by atoms with Gasteiger partial charge in [0.1, 0.15) is 0 Å². The van der Waals surface area contributed by atoms with E-state index in [1.54, 1.807) is 0 Å². The van der Waals surface area contributed by atoms with Gasteiger partial charge in [0.25, 0.3) is 0 Å². The highest BCUT2D eigenvalue weighted by Gasteiger charge is 2.37. The maximum Gasteiger partial charge on any atom is 0.0693 e. The Morgan fingerprint density at radius 2 is 2.18 bits per heavy atom. The van der Waals surface area contributed by atoms with Crippen molar-refractivity contribution in [3.8, 4) is 6.07 Å². The molecular weight excluding hydrogens is 210 g/mol. The molecule has 1 heterocycles. The van der Waals surface area contributed by atoms with Gasteiger partial charge in [-0.25, -0.2) is 0 Å². The first-order chi connectivity index (χ1) is 8.23. The van der Waals surface area contributed by atoms with Crippen LogP contribution in [0.25, 0.3) is 0 Å². The van der Waals surface area contributed by atoms with E-state index in [1.165, 1.54) is 6.42 Å². The number of hydrogen-bond donors (Lipinski definition) is 0. The number of nitriles is 1. The largest absolute Gasteiger partial charge is 0.269 e. The fraction of sp³-hybridized carbons (Fsp3) is 0.714. The molecule has 1 aromatic heterocycles. The topological polar surface area (TPSA) is 41.6 Å². The Hall–Kier alpha value is -1.30. The first kappa shape index (κ1) is 12.2. The van der Waals surface area contributed by atoms with E-state index < -0.39 is 0 Å². The Kier molecular flexibility index (Phi) is 3.51. The lowest BCUT2D eigenvalue weighted by atomic mass is 9.67. The molecule has 1 aliphatic rings. The van der Waals surface area contributed by atoms with Crippen molar-refractivity contribution < 1.29 is 0 Å². The fourth-order valence-corrected chi connectivity index (χ4v) is 2.62. The Bertz CT molecular complexity index is 405. The van der Waals surface area contributed by atoms with Gasteiger partial charge in [-0.3, -0.25) is 4.68 Å². The molecule has 0 aromatic carbocycles. The number of nitrogens with zero attached hydrogens (tertiary/aromatic N) is 3. The van der Waals surface area contributed by atoms with Crippen molar-refractivity contribution in [2.24, 2.45) is 5.41 Å². The van der Waals surface area contributed by atoms with Gasteiger partial charge in [-0.2, -0.15) is 10.4 Å². The molecule has 3 nitrogen and oxygen atoms in total. The number of hydrogen-bond acceptors (Lipinski definition) is 2. The normalized spacial score (nSPS) is 17.8. The van der Waals surface area contributed by atoms with Gasteiger partial charge < -0.3 is 0 Å². The van der Waals surface area contributed by atoms with Crippen LogP contribution in [-0.4, -0.2) is 9.78 Å². The van der Waals surface area contributed by atoms with Gasteiger partial charge in [-0.05, 0) is 31.7 Å². The molecule has 0 spiro atoms. The van der Waals surface area contributed by atoms with Crippen molar-refractivity contribution in [1.29, 1.82) is 5.26 Å². The van der Waals surface area contributed by atoms with Crippen molar-refractivity contribution in [3.63, 3.8) is 0 Å². The molecule has 0 bridgehead atoms. The van der Waals surface area contributed by atoms with Gasteiger partial charge >= 0.3 is 0 Å². The summed E-state index contributed by atoms with van der Waals surface area (Å²) in [4.78, 5) is 0. The molecule has 0 saturated heterocycles. The smallest absolute Gasteiger partial charge is 0.0693 e. The van der Waals surface area contributed by atoms with Crippen LogP contribution in [0.1, 0.15) is 57.7 Å². The molecule has 17 heavy (non-hydrogen) atoms. The Morgan fingerprint density at radius 3 is 2.65 bits per heavy atom. The Labute approximate surface area is 103 Å². The number of rotatable bonds is 5. The Balaban J connectivity index is 2.06. The summed E-state index contributed by atoms with van der Waals surface area (Å²) < 4.78 is 2.07. The molecule has 1 aliphatic carbocycles. The summed E-state index contributed by atoms with van der Waals surface area (Å²) in [5, 5.41) is 13.9. The third kappa shape index (κ3) is 2.36. The van der Waals surface area contributed by atoms with E-state index >= 15 is 0 Å². The van der Waals surface area contributed by atoms with E-state index in [0.29, 0.717) is 6.04 Å². The molecule has 3 heteroatoms. The molecule has 0 radical (unpaired) electrons. The van der Waals surface area contributed by atoms with E-state index in [4.69, 9.17) is 0 Å². The molecule has 1 saturated carbocycles. The summed E-state index contributed by atoms with van der Waals surface area (Å²) in [6.45, 7) is 4.39. The molecule has 92 valence electrons. The molecule has 2 rings (SSSR count). The van der Waals surface area contributed by atoms with Crippen LogP contribution in [0, 0.1) is 16.7 Å². The highest BCUT2D eigenvalue weighted by Crippen LogP contribution is 2.42. The van der Waals surface area contributed by atoms with Gasteiger partial charge in [0, 0.05) is 12.6 Å². The molecule has 0 N–H and O–H groups in total. The minimum Gasteiger partial charge on any atom is -0.269 e. The summed E-state index contributed by atoms with van der Waals surface area (Å²) in [6.07, 6.45) is 8.40. The van der Waals surface area contributed by atoms with Crippen molar-refractivity contribution in [3.05, 3.63) is 18.0 Å². The van der Waals surface area contributed by atoms with E-state index in [0.717, 1.165) is 37.8 Å². The third-order valence-corrected chi connectivity index (χ3v) is 4.05. The van der Waals surface area contributed by atoms with Crippen LogP contribution in [-0.2, 0) is 6.42 Å². The Morgan fingerprint density at radius 1 is 1.47 bits per heavy atom. The van der Waals surface area contributed by atoms with Crippen molar-refractivity contribution >= 4 is 0 Å². The van der Waals surface area contributed by atoms with Gasteiger partial charge in [0.2, 0.25) is 0 Å². The van der Waals surface area contributed by atoms with Crippen LogP contribution in [0.2, 0.25) is 0 Å². The minimum absolute atomic E-state index is 0.104. The first-order valence-corrected chi connectivity index (χ1v) is 6.68. The zero-order valence-electron chi connectivity index (χ0n) is 10.8. The zero-order valence-corrected chi connectivity index (χ0v) is 10.8. The molecular formula is C14H21N3. The second-order valence-electron chi connectivity index (χ2n) is 5.18. The van der Waals surface area contributed by atoms with Crippen LogP contribution < -0.4 is 0 Å². The van der Waals surface area contributed by atoms with Gasteiger partial charge in [-0.1, -0.05) is 20.3 Å². The fourth-order valence-electron chi connectivity index (χ4n) is 2.62. The third-order valence-electron chi connectivity index (χ3n) is 4.05. The second-order valence-corrected chi connectivity index (χ2v) is 5.18. The predicted octanol–water partition coefficient (Wildman–Crippen LogP) is 3.48. The van der Waals surface area contributed by atoms with Gasteiger partial charge in [-0.15, -0.1) is 0 Å². The summed E-state index contributed by atoms with van der Waals surface area (Å²) >= 11 is 0. The quantitative estimate of drug-likeness (QED) is 0.778. The minimum atomic E-state index is -0.104. The molecule has 0 amide bonds. The summed E-state index contributed by atoms with van der Waals surface area (Å²) in [6, 6.07) is 5.06. The van der Waals surface area contributed by atoms with Crippen molar-refractivity contribution in [2.75, 3.05) is 0 Å². The van der Waals surface area contributed by atoms with Crippen LogP contribution in [0.5, 0.6) is 0 Å². The lowest BCUT2D eigenvalue weighted by Gasteiger charge is -2.34. The lowest BCUT2D eigenvalue weighted by Crippen LogP contribution is -2.30. The highest BCUT2D eigenvalue weighted by atomic mass is 15.3. The first-order valence-electron chi connectivity index (χ1n) is 6.68. The van der Waals surface area contributed by atoms with E-state index in [9.17, 15) is 5.26 Å². The molecule has 0 atom stereocenters. The highest BCUT2D eigenvalue weighted by molar-refractivity contribution is 5.13. The maximum absolute atomic E-state index is 9.22. The van der Waals surface area contributed by atoms with Gasteiger partial charge in [0.05, 0.1) is 23.2 Å². The maximum atomic E-state index is 9.22. The predicted molar refractivity (Wildman–Crippen MR) is 67.4 cm³/mol. The SMILES string of the molecule is CCC(CC)n1ccc(CC2(C#N)CCC2)n1. The summed E-state index contributed by atoms with van der Waals surface area (Å²) in [5.74, 6) is 0. The average molecular weight is 231 g/mol. The molecule has 0 unspecified atom stereocenters. The van der Waals surface area contributed by atoms with Gasteiger partial charge in [0.15, 0.2) is 0 Å². The standard InChI is InChI=1S/C14H21N3/c1-3-13(4-2)17-9-6-12(16-17)10-14(11-15)7-5-8-14/h6,9,13H,3-5,7-8,10H2,1-2H3.